The van der Waals surface area contributed by atoms with Gasteiger partial charge in [-0.05, 0) is 30.7 Å². The highest BCUT2D eigenvalue weighted by Gasteiger charge is 2.16. The number of hydrogen-bond donors (Lipinski definition) is 0. The summed E-state index contributed by atoms with van der Waals surface area (Å²) in [4.78, 5) is 24.9. The predicted octanol–water partition coefficient (Wildman–Crippen LogP) is 2.76. The number of nitriles is 1. The SMILES string of the molecule is COC(=O)CCCN(C)C(=O)c1ccc(COc2ccccc2C#N)o1. The number of esters is 1. The molecule has 0 spiro atoms. The van der Waals surface area contributed by atoms with Crippen molar-refractivity contribution in [1.82, 2.24) is 4.90 Å². The van der Waals surface area contributed by atoms with E-state index in [1.165, 1.54) is 12.0 Å². The van der Waals surface area contributed by atoms with E-state index in [9.17, 15) is 9.59 Å². The summed E-state index contributed by atoms with van der Waals surface area (Å²) < 4.78 is 15.7. The van der Waals surface area contributed by atoms with Gasteiger partial charge in [0.2, 0.25) is 0 Å². The monoisotopic (exact) mass is 356 g/mol. The summed E-state index contributed by atoms with van der Waals surface area (Å²) in [5.41, 5.74) is 0.431. The number of ether oxygens (including phenoxy) is 2. The molecule has 1 aromatic heterocycles. The standard InChI is InChI=1S/C19H20N2O5/c1-21(11-5-8-18(22)24-2)19(23)17-10-9-15(26-17)13-25-16-7-4-3-6-14(16)12-20/h3-4,6-7,9-10H,5,8,11,13H2,1-2H3. The Morgan fingerprint density at radius 2 is 2.00 bits per heavy atom. The molecule has 0 saturated heterocycles. The summed E-state index contributed by atoms with van der Waals surface area (Å²) in [6.07, 6.45) is 0.764. The number of nitrogens with zero attached hydrogens (tertiary/aromatic N) is 2. The normalized spacial score (nSPS) is 10.0. The van der Waals surface area contributed by atoms with Crippen LogP contribution in [0.3, 0.4) is 0 Å². The average molecular weight is 356 g/mol. The second-order valence-corrected chi connectivity index (χ2v) is 5.57. The first-order valence-electron chi connectivity index (χ1n) is 8.08. The van der Waals surface area contributed by atoms with Crippen molar-refractivity contribution < 1.29 is 23.5 Å². The topological polar surface area (TPSA) is 92.8 Å². The molecule has 0 aliphatic carbocycles. The minimum atomic E-state index is -0.305. The zero-order valence-electron chi connectivity index (χ0n) is 14.7. The Bertz CT molecular complexity index is 806. The number of para-hydroxylation sites is 1. The lowest BCUT2D eigenvalue weighted by atomic mass is 10.2. The van der Waals surface area contributed by atoms with Crippen LogP contribution in [0.25, 0.3) is 0 Å². The fourth-order valence-corrected chi connectivity index (χ4v) is 2.26. The lowest BCUT2D eigenvalue weighted by Gasteiger charge is -2.15. The first-order chi connectivity index (χ1) is 12.5. The van der Waals surface area contributed by atoms with Crippen LogP contribution in [0.1, 0.15) is 34.7 Å². The Kier molecular flexibility index (Phi) is 6.80. The molecule has 7 nitrogen and oxygen atoms in total. The molecule has 1 heterocycles. The number of furan rings is 1. The Morgan fingerprint density at radius 1 is 1.23 bits per heavy atom. The largest absolute Gasteiger partial charge is 0.484 e. The Balaban J connectivity index is 1.89. The van der Waals surface area contributed by atoms with Crippen molar-refractivity contribution in [3.8, 4) is 11.8 Å². The van der Waals surface area contributed by atoms with Crippen molar-refractivity contribution in [2.45, 2.75) is 19.4 Å². The van der Waals surface area contributed by atoms with Gasteiger partial charge in [-0.1, -0.05) is 12.1 Å². The van der Waals surface area contributed by atoms with Crippen LogP contribution >= 0.6 is 0 Å². The lowest BCUT2D eigenvalue weighted by molar-refractivity contribution is -0.140. The molecule has 0 atom stereocenters. The number of methoxy groups -OCH3 is 1. The molecule has 0 fully saturated rings. The molecule has 2 aromatic rings. The highest BCUT2D eigenvalue weighted by Crippen LogP contribution is 2.19. The van der Waals surface area contributed by atoms with Crippen LogP contribution in [-0.4, -0.2) is 37.5 Å². The van der Waals surface area contributed by atoms with E-state index in [1.54, 1.807) is 43.4 Å². The van der Waals surface area contributed by atoms with Gasteiger partial charge in [-0.25, -0.2) is 0 Å². The molecule has 0 radical (unpaired) electrons. The molecule has 1 aromatic carbocycles. The van der Waals surface area contributed by atoms with Crippen molar-refractivity contribution in [3.05, 3.63) is 53.5 Å². The maximum absolute atomic E-state index is 12.3. The molecule has 0 aliphatic rings. The fraction of sp³-hybridized carbons (Fsp3) is 0.316. The Labute approximate surface area is 151 Å². The van der Waals surface area contributed by atoms with Gasteiger partial charge in [0.25, 0.3) is 5.91 Å². The van der Waals surface area contributed by atoms with Gasteiger partial charge in [0.1, 0.15) is 24.2 Å². The molecule has 0 bridgehead atoms. The summed E-state index contributed by atoms with van der Waals surface area (Å²) in [6.45, 7) is 0.522. The second-order valence-electron chi connectivity index (χ2n) is 5.57. The molecule has 26 heavy (non-hydrogen) atoms. The molecule has 2 rings (SSSR count). The third-order valence-corrected chi connectivity index (χ3v) is 3.70. The van der Waals surface area contributed by atoms with Gasteiger partial charge in [-0.3, -0.25) is 9.59 Å². The lowest BCUT2D eigenvalue weighted by Crippen LogP contribution is -2.27. The van der Waals surface area contributed by atoms with Crippen LogP contribution in [-0.2, 0) is 16.1 Å². The molecule has 136 valence electrons. The Morgan fingerprint density at radius 3 is 2.73 bits per heavy atom. The first-order valence-corrected chi connectivity index (χ1v) is 8.08. The summed E-state index contributed by atoms with van der Waals surface area (Å²) in [5, 5.41) is 9.04. The van der Waals surface area contributed by atoms with Crippen molar-refractivity contribution in [1.29, 1.82) is 5.26 Å². The zero-order valence-corrected chi connectivity index (χ0v) is 14.7. The fourth-order valence-electron chi connectivity index (χ4n) is 2.26. The van der Waals surface area contributed by atoms with E-state index in [-0.39, 0.29) is 30.7 Å². The van der Waals surface area contributed by atoms with Crippen LogP contribution in [0, 0.1) is 11.3 Å². The van der Waals surface area contributed by atoms with Crippen LogP contribution in [0.2, 0.25) is 0 Å². The zero-order chi connectivity index (χ0) is 18.9. The van der Waals surface area contributed by atoms with E-state index in [0.29, 0.717) is 30.0 Å². The molecular weight excluding hydrogens is 336 g/mol. The van der Waals surface area contributed by atoms with E-state index in [2.05, 4.69) is 10.8 Å². The van der Waals surface area contributed by atoms with Gasteiger partial charge in [0.15, 0.2) is 5.76 Å². The van der Waals surface area contributed by atoms with Crippen molar-refractivity contribution >= 4 is 11.9 Å². The summed E-state index contributed by atoms with van der Waals surface area (Å²) in [7, 11) is 2.97. The van der Waals surface area contributed by atoms with E-state index >= 15 is 0 Å². The van der Waals surface area contributed by atoms with E-state index in [4.69, 9.17) is 14.4 Å². The van der Waals surface area contributed by atoms with Crippen LogP contribution in [0.4, 0.5) is 0 Å². The molecular formula is C19H20N2O5. The van der Waals surface area contributed by atoms with Gasteiger partial charge < -0.3 is 18.8 Å². The van der Waals surface area contributed by atoms with Crippen LogP contribution < -0.4 is 4.74 Å². The highest BCUT2D eigenvalue weighted by molar-refractivity contribution is 5.91. The Hall–Kier alpha value is -3.27. The molecule has 7 heteroatoms. The van der Waals surface area contributed by atoms with Crippen molar-refractivity contribution in [2.75, 3.05) is 20.7 Å². The summed E-state index contributed by atoms with van der Waals surface area (Å²) in [5.74, 6) is 0.542. The number of hydrogen-bond acceptors (Lipinski definition) is 6. The molecule has 0 saturated carbocycles. The van der Waals surface area contributed by atoms with Crippen LogP contribution in [0.5, 0.6) is 5.75 Å². The first kappa shape index (κ1) is 19.1. The van der Waals surface area contributed by atoms with Gasteiger partial charge >= 0.3 is 5.97 Å². The predicted molar refractivity (Wildman–Crippen MR) is 92.4 cm³/mol. The van der Waals surface area contributed by atoms with Crippen molar-refractivity contribution in [3.63, 3.8) is 0 Å². The smallest absolute Gasteiger partial charge is 0.305 e. The number of benzene rings is 1. The third kappa shape index (κ3) is 5.11. The number of amides is 1. The molecule has 0 N–H and O–H groups in total. The minimum absolute atomic E-state index is 0.109. The highest BCUT2D eigenvalue weighted by atomic mass is 16.5. The second kappa shape index (κ2) is 9.28. The van der Waals surface area contributed by atoms with E-state index in [1.807, 2.05) is 0 Å². The van der Waals surface area contributed by atoms with E-state index < -0.39 is 0 Å². The maximum atomic E-state index is 12.3. The summed E-state index contributed by atoms with van der Waals surface area (Å²) in [6, 6.07) is 12.2. The van der Waals surface area contributed by atoms with Gasteiger partial charge in [0, 0.05) is 20.0 Å². The number of carbonyl (C=O) groups is 2. The van der Waals surface area contributed by atoms with Crippen molar-refractivity contribution in [2.24, 2.45) is 0 Å². The van der Waals surface area contributed by atoms with Gasteiger partial charge in [-0.2, -0.15) is 5.26 Å². The average Bonchev–Trinajstić information content (AvgIpc) is 3.14. The third-order valence-electron chi connectivity index (χ3n) is 3.70. The molecule has 0 aliphatic heterocycles. The van der Waals surface area contributed by atoms with Gasteiger partial charge in [-0.15, -0.1) is 0 Å². The minimum Gasteiger partial charge on any atom is -0.484 e. The van der Waals surface area contributed by atoms with Crippen LogP contribution in [0.15, 0.2) is 40.8 Å². The maximum Gasteiger partial charge on any atom is 0.305 e. The number of rotatable bonds is 8. The quantitative estimate of drug-likeness (QED) is 0.675. The van der Waals surface area contributed by atoms with Gasteiger partial charge in [0.05, 0.1) is 12.7 Å². The van der Waals surface area contributed by atoms with E-state index in [0.717, 1.165) is 0 Å². The molecule has 0 unspecified atom stereocenters. The number of carbonyl (C=O) groups excluding carboxylic acids is 2. The summed E-state index contributed by atoms with van der Waals surface area (Å²) >= 11 is 0. The molecule has 1 amide bonds.